The van der Waals surface area contributed by atoms with Gasteiger partial charge in [-0.2, -0.15) is 0 Å². The Balaban J connectivity index is 2.72. The van der Waals surface area contributed by atoms with Crippen LogP contribution < -0.4 is 22.2 Å². The van der Waals surface area contributed by atoms with Crippen LogP contribution in [-0.2, 0) is 14.4 Å². The van der Waals surface area contributed by atoms with E-state index in [2.05, 4.69) is 10.7 Å². The first-order chi connectivity index (χ1) is 10.2. The minimum atomic E-state index is -0.887. The molecule has 22 heavy (non-hydrogen) atoms. The maximum Gasteiger partial charge on any atom is 0.306 e. The first-order valence-corrected chi connectivity index (χ1v) is 7.32. The molecule has 1 saturated carbocycles. The van der Waals surface area contributed by atoms with Gasteiger partial charge in [0.1, 0.15) is 6.29 Å². The summed E-state index contributed by atoms with van der Waals surface area (Å²) in [6, 6.07) is -0.235. The fourth-order valence-corrected chi connectivity index (χ4v) is 2.85. The number of aliphatic carboxylic acids is 1. The van der Waals surface area contributed by atoms with Gasteiger partial charge in [-0.3, -0.25) is 30.1 Å². The Hall–Kier alpha value is -1.71. The fourth-order valence-electron chi connectivity index (χ4n) is 2.85. The Bertz CT molecular complexity index is 429. The molecule has 126 valence electrons. The van der Waals surface area contributed by atoms with Crippen molar-refractivity contribution in [2.45, 2.75) is 45.4 Å². The highest BCUT2D eigenvalue weighted by atomic mass is 16.4. The number of nitrogens with one attached hydrogen (secondary N) is 2. The Morgan fingerprint density at radius 3 is 2.41 bits per heavy atom. The molecule has 0 aliphatic heterocycles. The Morgan fingerprint density at radius 1 is 1.32 bits per heavy atom. The van der Waals surface area contributed by atoms with Gasteiger partial charge in [-0.15, -0.1) is 0 Å². The van der Waals surface area contributed by atoms with E-state index >= 15 is 0 Å². The smallest absolute Gasteiger partial charge is 0.306 e. The van der Waals surface area contributed by atoms with Gasteiger partial charge in [0.05, 0.1) is 5.92 Å². The molecule has 0 radical (unpaired) electrons. The molecule has 3 atom stereocenters. The Morgan fingerprint density at radius 2 is 1.95 bits per heavy atom. The zero-order valence-corrected chi connectivity index (χ0v) is 12.9. The number of hydrazine groups is 1. The minimum absolute atomic E-state index is 0.127. The molecule has 0 aromatic heterocycles. The predicted octanol–water partition coefficient (Wildman–Crippen LogP) is -1.45. The van der Waals surface area contributed by atoms with Gasteiger partial charge in [0.25, 0.3) is 0 Å². The number of carboxylic acid groups (broad SMARTS) is 1. The third-order valence-corrected chi connectivity index (χ3v) is 3.80. The van der Waals surface area contributed by atoms with Crippen LogP contribution in [0.15, 0.2) is 0 Å². The molecular weight excluding hydrogens is 290 g/mol. The van der Waals surface area contributed by atoms with Gasteiger partial charge in [0.15, 0.2) is 0 Å². The van der Waals surface area contributed by atoms with Gasteiger partial charge >= 0.3 is 5.97 Å². The lowest BCUT2D eigenvalue weighted by Crippen LogP contribution is -2.52. The molecule has 2 amide bonds. The molecule has 3 unspecified atom stereocenters. The molecule has 0 aromatic rings. The number of hydrogen-bond acceptors (Lipinski definition) is 6. The highest BCUT2D eigenvalue weighted by molar-refractivity contribution is 5.81. The summed E-state index contributed by atoms with van der Waals surface area (Å²) >= 11 is 0. The van der Waals surface area contributed by atoms with E-state index in [1.54, 1.807) is 6.92 Å². The van der Waals surface area contributed by atoms with Crippen LogP contribution in [0.5, 0.6) is 0 Å². The summed E-state index contributed by atoms with van der Waals surface area (Å²) in [7, 11) is 0. The van der Waals surface area contributed by atoms with E-state index in [9.17, 15) is 14.4 Å². The molecular formula is C13H25N5O4. The maximum absolute atomic E-state index is 12.2. The quantitative estimate of drug-likeness (QED) is 0.297. The SMILES string of the molecule is CCN(NC(C)=O)C(=O)CC1CC(C(=O)O)CC1NC(N)N. The van der Waals surface area contributed by atoms with Gasteiger partial charge in [0, 0.05) is 25.9 Å². The Kier molecular flexibility index (Phi) is 6.72. The van der Waals surface area contributed by atoms with Crippen molar-refractivity contribution < 1.29 is 19.5 Å². The summed E-state index contributed by atoms with van der Waals surface area (Å²) in [5.74, 6) is -2.19. The summed E-state index contributed by atoms with van der Waals surface area (Å²) < 4.78 is 0. The lowest BCUT2D eigenvalue weighted by atomic mass is 9.98. The molecule has 7 N–H and O–H groups in total. The number of rotatable bonds is 6. The summed E-state index contributed by atoms with van der Waals surface area (Å²) in [6.45, 7) is 3.40. The van der Waals surface area contributed by atoms with Crippen LogP contribution in [0.4, 0.5) is 0 Å². The van der Waals surface area contributed by atoms with E-state index in [0.717, 1.165) is 0 Å². The summed E-state index contributed by atoms with van der Waals surface area (Å²) in [5, 5.41) is 13.3. The monoisotopic (exact) mass is 315 g/mol. The van der Waals surface area contributed by atoms with Crippen molar-refractivity contribution in [2.24, 2.45) is 23.3 Å². The standard InChI is InChI=1S/C13H25N5O4/c1-3-18(17-7(2)19)11(20)6-8-4-9(12(21)22)5-10(8)16-13(14)15/h8-10,13,16H,3-6,14-15H2,1-2H3,(H,17,19)(H,21,22). The highest BCUT2D eigenvalue weighted by Gasteiger charge is 2.39. The molecule has 9 nitrogen and oxygen atoms in total. The second-order valence-corrected chi connectivity index (χ2v) is 5.58. The summed E-state index contributed by atoms with van der Waals surface area (Å²) in [4.78, 5) is 34.5. The number of amides is 2. The lowest BCUT2D eigenvalue weighted by Gasteiger charge is -2.26. The molecule has 1 aliphatic carbocycles. The van der Waals surface area contributed by atoms with Crippen LogP contribution in [0, 0.1) is 11.8 Å². The van der Waals surface area contributed by atoms with E-state index in [0.29, 0.717) is 19.4 Å². The van der Waals surface area contributed by atoms with Gasteiger partial charge in [-0.25, -0.2) is 0 Å². The summed E-state index contributed by atoms with van der Waals surface area (Å²) in [5.41, 5.74) is 13.5. The van der Waals surface area contributed by atoms with Gasteiger partial charge in [-0.1, -0.05) is 0 Å². The molecule has 9 heteroatoms. The number of nitrogens with two attached hydrogens (primary N) is 2. The van der Waals surface area contributed by atoms with Crippen molar-refractivity contribution >= 4 is 17.8 Å². The molecule has 1 aliphatic rings. The van der Waals surface area contributed by atoms with Gasteiger partial charge in [0.2, 0.25) is 11.8 Å². The molecule has 0 heterocycles. The lowest BCUT2D eigenvalue weighted by molar-refractivity contribution is -0.142. The van der Waals surface area contributed by atoms with Crippen molar-refractivity contribution in [3.05, 3.63) is 0 Å². The third kappa shape index (κ3) is 5.24. The number of carbonyl (C=O) groups is 3. The van der Waals surface area contributed by atoms with Crippen LogP contribution in [0.1, 0.15) is 33.1 Å². The molecule has 1 rings (SSSR count). The predicted molar refractivity (Wildman–Crippen MR) is 78.8 cm³/mol. The number of carbonyl (C=O) groups excluding carboxylic acids is 2. The normalized spacial score (nSPS) is 24.3. The van der Waals surface area contributed by atoms with Crippen LogP contribution in [0.3, 0.4) is 0 Å². The van der Waals surface area contributed by atoms with Crippen LogP contribution in [-0.4, -0.2) is 46.8 Å². The number of hydrogen-bond donors (Lipinski definition) is 5. The van der Waals surface area contributed by atoms with E-state index in [4.69, 9.17) is 16.6 Å². The topological polar surface area (TPSA) is 151 Å². The second-order valence-electron chi connectivity index (χ2n) is 5.58. The van der Waals surface area contributed by atoms with E-state index in [1.807, 2.05) is 0 Å². The van der Waals surface area contributed by atoms with Crippen molar-refractivity contribution in [1.29, 1.82) is 0 Å². The highest BCUT2D eigenvalue weighted by Crippen LogP contribution is 2.34. The minimum Gasteiger partial charge on any atom is -0.481 e. The van der Waals surface area contributed by atoms with Crippen molar-refractivity contribution in [2.75, 3.05) is 6.54 Å². The first-order valence-electron chi connectivity index (χ1n) is 7.32. The number of carboxylic acids is 1. The zero-order valence-electron chi connectivity index (χ0n) is 12.9. The van der Waals surface area contributed by atoms with Crippen LogP contribution in [0.2, 0.25) is 0 Å². The molecule has 0 spiro atoms. The van der Waals surface area contributed by atoms with Crippen molar-refractivity contribution in [1.82, 2.24) is 15.8 Å². The molecule has 1 fully saturated rings. The van der Waals surface area contributed by atoms with Crippen LogP contribution >= 0.6 is 0 Å². The van der Waals surface area contributed by atoms with Crippen molar-refractivity contribution in [3.8, 4) is 0 Å². The molecule has 0 bridgehead atoms. The van der Waals surface area contributed by atoms with E-state index in [1.165, 1.54) is 11.9 Å². The fraction of sp³-hybridized carbons (Fsp3) is 0.769. The third-order valence-electron chi connectivity index (χ3n) is 3.80. The maximum atomic E-state index is 12.2. The molecule has 0 aromatic carbocycles. The average molecular weight is 315 g/mol. The van der Waals surface area contributed by atoms with Crippen LogP contribution in [0.25, 0.3) is 0 Å². The second kappa shape index (κ2) is 8.06. The zero-order chi connectivity index (χ0) is 16.9. The van der Waals surface area contributed by atoms with Crippen molar-refractivity contribution in [3.63, 3.8) is 0 Å². The van der Waals surface area contributed by atoms with E-state index < -0.39 is 18.2 Å². The van der Waals surface area contributed by atoms with Gasteiger partial charge < -0.3 is 16.6 Å². The Labute approximate surface area is 129 Å². The first kappa shape index (κ1) is 18.3. The summed E-state index contributed by atoms with van der Waals surface area (Å²) in [6.07, 6.45) is 0.114. The largest absolute Gasteiger partial charge is 0.481 e. The average Bonchev–Trinajstić information content (AvgIpc) is 2.78. The number of nitrogens with zero attached hydrogens (tertiary/aromatic N) is 1. The van der Waals surface area contributed by atoms with E-state index in [-0.39, 0.29) is 30.2 Å². The van der Waals surface area contributed by atoms with Gasteiger partial charge in [-0.05, 0) is 25.7 Å². The molecule has 0 saturated heterocycles.